The van der Waals surface area contributed by atoms with E-state index in [0.717, 1.165) is 36.1 Å². The van der Waals surface area contributed by atoms with Crippen LogP contribution >= 0.6 is 0 Å². The van der Waals surface area contributed by atoms with Crippen LogP contribution in [0.15, 0.2) is 67.3 Å². The summed E-state index contributed by atoms with van der Waals surface area (Å²) in [4.78, 5) is 36.8. The summed E-state index contributed by atoms with van der Waals surface area (Å²) in [7, 11) is 0. The van der Waals surface area contributed by atoms with Crippen LogP contribution in [0.3, 0.4) is 0 Å². The van der Waals surface area contributed by atoms with Crippen LogP contribution in [0.2, 0.25) is 0 Å². The summed E-state index contributed by atoms with van der Waals surface area (Å²) in [6, 6.07) is 14.9. The van der Waals surface area contributed by atoms with E-state index in [1.54, 1.807) is 17.4 Å². The molecule has 1 aliphatic rings. The lowest BCUT2D eigenvalue weighted by atomic mass is 10.1. The largest absolute Gasteiger partial charge is 0.337 e. The third-order valence-corrected chi connectivity index (χ3v) is 6.06. The first-order valence-electron chi connectivity index (χ1n) is 11.3. The second-order valence-corrected chi connectivity index (χ2v) is 8.23. The second kappa shape index (κ2) is 8.90. The highest BCUT2D eigenvalue weighted by Crippen LogP contribution is 2.36. The summed E-state index contributed by atoms with van der Waals surface area (Å²) < 4.78 is 3.90. The minimum absolute atomic E-state index is 0.0553. The summed E-state index contributed by atoms with van der Waals surface area (Å²) in [5.74, 6) is 0.323. The van der Waals surface area contributed by atoms with Crippen LogP contribution in [-0.4, -0.2) is 37.5 Å². The van der Waals surface area contributed by atoms with Crippen molar-refractivity contribution in [1.29, 1.82) is 0 Å². The van der Waals surface area contributed by atoms with Gasteiger partial charge in [0.1, 0.15) is 6.04 Å². The van der Waals surface area contributed by atoms with E-state index in [9.17, 15) is 9.59 Å². The molecule has 3 heterocycles. The van der Waals surface area contributed by atoms with E-state index in [1.807, 2.05) is 63.9 Å². The lowest BCUT2D eigenvalue weighted by molar-refractivity contribution is -0.124. The maximum absolute atomic E-state index is 13.4. The zero-order chi connectivity index (χ0) is 22.8. The van der Waals surface area contributed by atoms with E-state index in [0.29, 0.717) is 12.5 Å². The van der Waals surface area contributed by atoms with Gasteiger partial charge in [0.25, 0.3) is 5.91 Å². The zero-order valence-electron chi connectivity index (χ0n) is 18.5. The number of nitrogens with zero attached hydrogens (tertiary/aromatic N) is 5. The second-order valence-electron chi connectivity index (χ2n) is 8.23. The molecule has 0 aliphatic carbocycles. The topological polar surface area (TPSA) is 85.1 Å². The van der Waals surface area contributed by atoms with Gasteiger partial charge in [-0.05, 0) is 42.7 Å². The van der Waals surface area contributed by atoms with Gasteiger partial charge in [0, 0.05) is 31.2 Å². The van der Waals surface area contributed by atoms with E-state index in [-0.39, 0.29) is 18.2 Å². The molecule has 168 valence electrons. The smallest absolute Gasteiger partial charge is 0.253 e. The van der Waals surface area contributed by atoms with Crippen LogP contribution < -0.4 is 10.2 Å². The summed E-state index contributed by atoms with van der Waals surface area (Å²) in [5.41, 5.74) is 3.62. The van der Waals surface area contributed by atoms with Crippen molar-refractivity contribution in [2.24, 2.45) is 0 Å². The number of hydrogen-bond donors (Lipinski definition) is 1. The summed E-state index contributed by atoms with van der Waals surface area (Å²) in [6.45, 7) is 3.37. The number of nitrogens with one attached hydrogen (secondary N) is 1. The quantitative estimate of drug-likeness (QED) is 0.450. The average molecular weight is 443 g/mol. The molecule has 0 saturated heterocycles. The summed E-state index contributed by atoms with van der Waals surface area (Å²) in [5, 5.41) is 2.93. The minimum Gasteiger partial charge on any atom is -0.337 e. The Labute approximate surface area is 191 Å². The van der Waals surface area contributed by atoms with E-state index >= 15 is 0 Å². The number of imidazole rings is 2. The summed E-state index contributed by atoms with van der Waals surface area (Å²) >= 11 is 0. The Balaban J connectivity index is 1.36. The zero-order valence-corrected chi connectivity index (χ0v) is 18.5. The van der Waals surface area contributed by atoms with Crippen LogP contribution in [0.5, 0.6) is 0 Å². The molecule has 0 bridgehead atoms. The molecular formula is C25H26N6O2. The summed E-state index contributed by atoms with van der Waals surface area (Å²) in [6.07, 6.45) is 7.17. The maximum atomic E-state index is 13.4. The molecule has 1 atom stereocenters. The third kappa shape index (κ3) is 4.11. The minimum atomic E-state index is -0.615. The molecule has 2 aromatic carbocycles. The Kier molecular flexibility index (Phi) is 5.64. The number of fused-ring (bicyclic) bond motifs is 3. The van der Waals surface area contributed by atoms with Crippen molar-refractivity contribution in [3.63, 3.8) is 0 Å². The number of aromatic nitrogens is 4. The number of carbonyl (C=O) groups excluding carboxylic acids is 2. The number of hydrogen-bond acceptors (Lipinski definition) is 4. The van der Waals surface area contributed by atoms with Crippen molar-refractivity contribution in [3.05, 3.63) is 72.8 Å². The highest BCUT2D eigenvalue weighted by Gasteiger charge is 2.40. The Morgan fingerprint density at radius 2 is 1.91 bits per heavy atom. The Morgan fingerprint density at radius 1 is 1.09 bits per heavy atom. The van der Waals surface area contributed by atoms with Crippen molar-refractivity contribution in [2.75, 3.05) is 16.8 Å². The number of benzene rings is 2. The van der Waals surface area contributed by atoms with Crippen LogP contribution in [0, 0.1) is 0 Å². The van der Waals surface area contributed by atoms with Gasteiger partial charge in [-0.15, -0.1) is 0 Å². The van der Waals surface area contributed by atoms with Gasteiger partial charge in [0.05, 0.1) is 23.8 Å². The van der Waals surface area contributed by atoms with Crippen LogP contribution in [-0.2, 0) is 22.6 Å². The Morgan fingerprint density at radius 3 is 2.67 bits per heavy atom. The Bertz CT molecular complexity index is 1280. The van der Waals surface area contributed by atoms with E-state index in [4.69, 9.17) is 4.98 Å². The first kappa shape index (κ1) is 20.9. The predicted molar refractivity (Wildman–Crippen MR) is 127 cm³/mol. The molecule has 8 nitrogen and oxygen atoms in total. The lowest BCUT2D eigenvalue weighted by Crippen LogP contribution is -2.32. The molecule has 8 heteroatoms. The first-order chi connectivity index (χ1) is 16.1. The van der Waals surface area contributed by atoms with Crippen molar-refractivity contribution < 1.29 is 9.59 Å². The Hall–Kier alpha value is -3.94. The molecule has 2 aromatic heterocycles. The van der Waals surface area contributed by atoms with Gasteiger partial charge in [-0.3, -0.25) is 19.1 Å². The van der Waals surface area contributed by atoms with Gasteiger partial charge < -0.3 is 9.88 Å². The molecule has 0 unspecified atom stereocenters. The van der Waals surface area contributed by atoms with E-state index in [1.165, 1.54) is 5.56 Å². The molecular weight excluding hydrogens is 416 g/mol. The standard InChI is InChI=1S/C25H26N6O2/c1-2-18-8-10-19(11-9-18)27-23(32)16-22-24(33)30(14-5-13-29-15-12-26-17-29)25-28-20-6-3-4-7-21(20)31(22)25/h3-4,6-12,15,17,22H,2,5,13-14,16H2,1H3,(H,27,32)/t22-/m0/s1. The van der Waals surface area contributed by atoms with Gasteiger partial charge in [0.15, 0.2) is 0 Å². The van der Waals surface area contributed by atoms with Gasteiger partial charge in [-0.1, -0.05) is 31.2 Å². The van der Waals surface area contributed by atoms with Crippen molar-refractivity contribution >= 4 is 34.5 Å². The molecule has 0 spiro atoms. The number of anilines is 2. The fourth-order valence-electron chi connectivity index (χ4n) is 4.35. The lowest BCUT2D eigenvalue weighted by Gasteiger charge is -2.16. The molecule has 2 amide bonds. The number of carbonyl (C=O) groups is 2. The van der Waals surface area contributed by atoms with Crippen LogP contribution in [0.1, 0.15) is 31.4 Å². The van der Waals surface area contributed by atoms with Gasteiger partial charge in [0.2, 0.25) is 11.9 Å². The van der Waals surface area contributed by atoms with Crippen LogP contribution in [0.25, 0.3) is 11.0 Å². The van der Waals surface area contributed by atoms with Gasteiger partial charge in [-0.25, -0.2) is 9.97 Å². The normalized spacial score (nSPS) is 15.2. The maximum Gasteiger partial charge on any atom is 0.253 e. The predicted octanol–water partition coefficient (Wildman–Crippen LogP) is 3.80. The van der Waals surface area contributed by atoms with Crippen LogP contribution in [0.4, 0.5) is 11.6 Å². The fraction of sp³-hybridized carbons (Fsp3) is 0.280. The average Bonchev–Trinajstić information content (AvgIpc) is 3.53. The molecule has 4 aromatic rings. The molecule has 0 fully saturated rings. The first-order valence-corrected chi connectivity index (χ1v) is 11.3. The number of aryl methyl sites for hydroxylation is 2. The highest BCUT2D eigenvalue weighted by atomic mass is 16.2. The molecule has 1 aliphatic heterocycles. The fourth-order valence-corrected chi connectivity index (χ4v) is 4.35. The van der Waals surface area contributed by atoms with Gasteiger partial charge >= 0.3 is 0 Å². The van der Waals surface area contributed by atoms with E-state index < -0.39 is 6.04 Å². The highest BCUT2D eigenvalue weighted by molar-refractivity contribution is 6.05. The third-order valence-electron chi connectivity index (χ3n) is 6.06. The van der Waals surface area contributed by atoms with E-state index in [2.05, 4.69) is 17.2 Å². The van der Waals surface area contributed by atoms with Gasteiger partial charge in [-0.2, -0.15) is 0 Å². The number of amides is 2. The molecule has 5 rings (SSSR count). The number of para-hydroxylation sites is 2. The number of rotatable bonds is 8. The molecule has 1 N–H and O–H groups in total. The van der Waals surface area contributed by atoms with Crippen molar-refractivity contribution in [3.8, 4) is 0 Å². The molecule has 0 saturated carbocycles. The van der Waals surface area contributed by atoms with Crippen molar-refractivity contribution in [1.82, 2.24) is 19.1 Å². The molecule has 0 radical (unpaired) electrons. The monoisotopic (exact) mass is 442 g/mol. The molecule has 33 heavy (non-hydrogen) atoms. The van der Waals surface area contributed by atoms with Crippen molar-refractivity contribution in [2.45, 2.75) is 38.8 Å². The SMILES string of the molecule is CCc1ccc(NC(=O)C[C@H]2C(=O)N(CCCn3ccnc3)c3nc4ccccc4n32)cc1.